The third-order valence-corrected chi connectivity index (χ3v) is 2.94. The molecule has 2 amide bonds. The zero-order chi connectivity index (χ0) is 12.4. The molecule has 0 atom stereocenters. The molecule has 0 unspecified atom stereocenters. The van der Waals surface area contributed by atoms with Crippen LogP contribution in [0.1, 0.15) is 0 Å². The molecule has 1 heterocycles. The van der Waals surface area contributed by atoms with Crippen molar-refractivity contribution in [3.05, 3.63) is 16.6 Å². The molecule has 1 aromatic rings. The summed E-state index contributed by atoms with van der Waals surface area (Å²) in [6.45, 7) is 1.07. The van der Waals surface area contributed by atoms with E-state index in [4.69, 9.17) is 9.47 Å². The highest BCUT2D eigenvalue weighted by Gasteiger charge is 2.16. The summed E-state index contributed by atoms with van der Waals surface area (Å²) in [6, 6.07) is 3.35. The number of nitrogens with one attached hydrogen (secondary N) is 1. The Bertz CT molecular complexity index is 449. The Labute approximate surface area is 108 Å². The molecule has 0 fully saturated rings. The number of nitrogens with zero attached hydrogens (tertiary/aromatic N) is 1. The van der Waals surface area contributed by atoms with Crippen molar-refractivity contribution in [3.8, 4) is 11.5 Å². The molecule has 0 saturated carbocycles. The molecule has 0 radical (unpaired) electrons. The first-order valence-corrected chi connectivity index (χ1v) is 5.94. The Morgan fingerprint density at radius 3 is 2.47 bits per heavy atom. The van der Waals surface area contributed by atoms with Crippen LogP contribution in [-0.2, 0) is 0 Å². The van der Waals surface area contributed by atoms with Crippen LogP contribution in [0.5, 0.6) is 11.5 Å². The smallest absolute Gasteiger partial charge is 0.321 e. The van der Waals surface area contributed by atoms with Crippen molar-refractivity contribution in [3.63, 3.8) is 0 Å². The third kappa shape index (κ3) is 2.63. The number of hydrogen-bond acceptors (Lipinski definition) is 3. The van der Waals surface area contributed by atoms with E-state index < -0.39 is 0 Å². The average molecular weight is 301 g/mol. The van der Waals surface area contributed by atoms with Gasteiger partial charge in [-0.3, -0.25) is 0 Å². The van der Waals surface area contributed by atoms with E-state index in [1.165, 1.54) is 4.90 Å². The van der Waals surface area contributed by atoms with Gasteiger partial charge in [-0.2, -0.15) is 0 Å². The number of halogens is 1. The molecule has 6 heteroatoms. The fraction of sp³-hybridized carbons (Fsp3) is 0.364. The second-order valence-corrected chi connectivity index (χ2v) is 4.65. The number of rotatable bonds is 1. The number of urea groups is 1. The summed E-state index contributed by atoms with van der Waals surface area (Å²) < 4.78 is 11.6. The van der Waals surface area contributed by atoms with Gasteiger partial charge in [0.05, 0.1) is 5.69 Å². The molecule has 0 aromatic heterocycles. The fourth-order valence-corrected chi connectivity index (χ4v) is 1.81. The monoisotopic (exact) mass is 300 g/mol. The van der Waals surface area contributed by atoms with E-state index in [1.54, 1.807) is 26.2 Å². The highest BCUT2D eigenvalue weighted by Crippen LogP contribution is 2.38. The second-order valence-electron chi connectivity index (χ2n) is 3.80. The van der Waals surface area contributed by atoms with Crippen LogP contribution in [0, 0.1) is 0 Å². The Morgan fingerprint density at radius 1 is 1.29 bits per heavy atom. The quantitative estimate of drug-likeness (QED) is 0.866. The number of fused-ring (bicyclic) bond motifs is 1. The zero-order valence-corrected chi connectivity index (χ0v) is 11.2. The Balaban J connectivity index is 2.26. The standard InChI is InChI=1S/C11H13BrN2O3/c1-14(2)11(15)13-8-6-10-9(5-7(8)12)16-3-4-17-10/h5-6H,3-4H2,1-2H3,(H,13,15). The van der Waals surface area contributed by atoms with Gasteiger partial charge in [0.25, 0.3) is 0 Å². The average Bonchev–Trinajstić information content (AvgIpc) is 2.29. The van der Waals surface area contributed by atoms with Crippen molar-refractivity contribution in [2.24, 2.45) is 0 Å². The lowest BCUT2D eigenvalue weighted by Crippen LogP contribution is -2.27. The molecule has 0 aliphatic carbocycles. The van der Waals surface area contributed by atoms with Gasteiger partial charge in [-0.1, -0.05) is 0 Å². The number of hydrogen-bond donors (Lipinski definition) is 1. The van der Waals surface area contributed by atoms with Gasteiger partial charge in [-0.15, -0.1) is 0 Å². The van der Waals surface area contributed by atoms with Gasteiger partial charge in [0.2, 0.25) is 0 Å². The predicted octanol–water partition coefficient (Wildman–Crippen LogP) is 2.31. The highest BCUT2D eigenvalue weighted by atomic mass is 79.9. The van der Waals surface area contributed by atoms with Crippen LogP contribution >= 0.6 is 15.9 Å². The number of ether oxygens (including phenoxy) is 2. The number of carbonyl (C=O) groups is 1. The van der Waals surface area contributed by atoms with E-state index in [2.05, 4.69) is 21.2 Å². The largest absolute Gasteiger partial charge is 0.486 e. The van der Waals surface area contributed by atoms with Crippen LogP contribution in [0.25, 0.3) is 0 Å². The Hall–Kier alpha value is -1.43. The first-order chi connectivity index (χ1) is 8.08. The van der Waals surface area contributed by atoms with E-state index in [9.17, 15) is 4.79 Å². The molecule has 1 aliphatic rings. The number of anilines is 1. The van der Waals surface area contributed by atoms with Crippen LogP contribution in [0.4, 0.5) is 10.5 Å². The molecule has 5 nitrogen and oxygen atoms in total. The highest BCUT2D eigenvalue weighted by molar-refractivity contribution is 9.10. The van der Waals surface area contributed by atoms with Crippen LogP contribution < -0.4 is 14.8 Å². The maximum absolute atomic E-state index is 11.6. The lowest BCUT2D eigenvalue weighted by molar-refractivity contribution is 0.171. The first-order valence-electron chi connectivity index (χ1n) is 5.15. The van der Waals surface area contributed by atoms with Gasteiger partial charge in [0.1, 0.15) is 13.2 Å². The lowest BCUT2D eigenvalue weighted by atomic mass is 10.2. The van der Waals surface area contributed by atoms with E-state index >= 15 is 0 Å². The van der Waals surface area contributed by atoms with E-state index in [-0.39, 0.29) is 6.03 Å². The SMILES string of the molecule is CN(C)C(=O)Nc1cc2c(cc1Br)OCCO2. The number of amides is 2. The summed E-state index contributed by atoms with van der Waals surface area (Å²) in [5.41, 5.74) is 0.660. The van der Waals surface area contributed by atoms with Gasteiger partial charge in [-0.05, 0) is 15.9 Å². The Kier molecular flexibility index (Phi) is 3.42. The van der Waals surface area contributed by atoms with Gasteiger partial charge >= 0.3 is 6.03 Å². The summed E-state index contributed by atoms with van der Waals surface area (Å²) in [6.07, 6.45) is 0. The summed E-state index contributed by atoms with van der Waals surface area (Å²) >= 11 is 3.38. The molecule has 92 valence electrons. The topological polar surface area (TPSA) is 50.8 Å². The molecule has 1 N–H and O–H groups in total. The van der Waals surface area contributed by atoms with Crippen molar-refractivity contribution < 1.29 is 14.3 Å². The Morgan fingerprint density at radius 2 is 1.88 bits per heavy atom. The summed E-state index contributed by atoms with van der Waals surface area (Å²) in [4.78, 5) is 13.0. The fourth-order valence-electron chi connectivity index (χ4n) is 1.39. The molecule has 0 saturated heterocycles. The van der Waals surface area contributed by atoms with Crippen molar-refractivity contribution in [1.82, 2.24) is 4.90 Å². The molecule has 1 aromatic carbocycles. The minimum absolute atomic E-state index is 0.192. The summed E-state index contributed by atoms with van der Waals surface area (Å²) in [5.74, 6) is 1.33. The normalized spacial score (nSPS) is 13.1. The third-order valence-electron chi connectivity index (χ3n) is 2.28. The van der Waals surface area contributed by atoms with Crippen molar-refractivity contribution in [1.29, 1.82) is 0 Å². The number of carbonyl (C=O) groups excluding carboxylic acids is 1. The minimum Gasteiger partial charge on any atom is -0.486 e. The molecule has 0 bridgehead atoms. The van der Waals surface area contributed by atoms with Crippen LogP contribution in [0.2, 0.25) is 0 Å². The lowest BCUT2D eigenvalue weighted by Gasteiger charge is -2.20. The van der Waals surface area contributed by atoms with Crippen LogP contribution in [0.15, 0.2) is 16.6 Å². The minimum atomic E-state index is -0.192. The maximum atomic E-state index is 11.6. The molecule has 1 aliphatic heterocycles. The van der Waals surface area contributed by atoms with E-state index in [0.717, 1.165) is 4.47 Å². The van der Waals surface area contributed by atoms with E-state index in [1.807, 2.05) is 0 Å². The van der Waals surface area contributed by atoms with Gasteiger partial charge in [0, 0.05) is 30.7 Å². The van der Waals surface area contributed by atoms with Crippen molar-refractivity contribution in [2.75, 3.05) is 32.6 Å². The maximum Gasteiger partial charge on any atom is 0.321 e. The summed E-state index contributed by atoms with van der Waals surface area (Å²) in [7, 11) is 3.36. The second kappa shape index (κ2) is 4.83. The first kappa shape index (κ1) is 12.0. The molecular weight excluding hydrogens is 288 g/mol. The number of benzene rings is 1. The van der Waals surface area contributed by atoms with Gasteiger partial charge in [-0.25, -0.2) is 4.79 Å². The summed E-state index contributed by atoms with van der Waals surface area (Å²) in [5, 5.41) is 2.76. The van der Waals surface area contributed by atoms with E-state index in [0.29, 0.717) is 30.4 Å². The van der Waals surface area contributed by atoms with Gasteiger partial charge < -0.3 is 19.7 Å². The van der Waals surface area contributed by atoms with Gasteiger partial charge in [0.15, 0.2) is 11.5 Å². The predicted molar refractivity (Wildman–Crippen MR) is 67.8 cm³/mol. The van der Waals surface area contributed by atoms with Crippen LogP contribution in [0.3, 0.4) is 0 Å². The molecule has 0 spiro atoms. The molecule has 2 rings (SSSR count). The molecular formula is C11H13BrN2O3. The zero-order valence-electron chi connectivity index (χ0n) is 9.62. The van der Waals surface area contributed by atoms with Crippen molar-refractivity contribution in [2.45, 2.75) is 0 Å². The van der Waals surface area contributed by atoms with Crippen molar-refractivity contribution >= 4 is 27.6 Å². The van der Waals surface area contributed by atoms with Crippen LogP contribution in [-0.4, -0.2) is 38.2 Å². The molecule has 17 heavy (non-hydrogen) atoms.